The molecule has 4 heteroatoms. The predicted molar refractivity (Wildman–Crippen MR) is 58.1 cm³/mol. The summed E-state index contributed by atoms with van der Waals surface area (Å²) in [5.41, 5.74) is 2.74. The normalized spacial score (nSPS) is 14.5. The van der Waals surface area contributed by atoms with Gasteiger partial charge in [0.25, 0.3) is 0 Å². The highest BCUT2D eigenvalue weighted by Gasteiger charge is 2.19. The number of rotatable bonds is 1. The lowest BCUT2D eigenvalue weighted by Gasteiger charge is -2.23. The molecule has 2 amide bonds. The Morgan fingerprint density at radius 3 is 2.80 bits per heavy atom. The molecule has 4 nitrogen and oxygen atoms in total. The van der Waals surface area contributed by atoms with Gasteiger partial charge in [-0.2, -0.15) is 0 Å². The molecule has 0 bridgehead atoms. The fraction of sp³-hybridized carbons (Fsp3) is 0.364. The first-order valence-electron chi connectivity index (χ1n) is 4.98. The number of carbonyl (C=O) groups excluding carboxylic acids is 1. The smallest absolute Gasteiger partial charge is 0.319 e. The van der Waals surface area contributed by atoms with E-state index < -0.39 is 0 Å². The number of nitrogens with one attached hydrogen (secondary N) is 2. The molecule has 1 aliphatic heterocycles. The second-order valence-electron chi connectivity index (χ2n) is 4.03. The van der Waals surface area contributed by atoms with Crippen LogP contribution in [0.25, 0.3) is 0 Å². The molecule has 0 saturated heterocycles. The number of anilines is 1. The minimum atomic E-state index is -0.185. The van der Waals surface area contributed by atoms with Gasteiger partial charge in [-0.25, -0.2) is 4.79 Å². The Labute approximate surface area is 88.3 Å². The molecule has 0 saturated carbocycles. The summed E-state index contributed by atoms with van der Waals surface area (Å²) in [7, 11) is 0. The van der Waals surface area contributed by atoms with E-state index in [0.717, 1.165) is 16.8 Å². The summed E-state index contributed by atoms with van der Waals surface area (Å²) in [4.78, 5) is 11.2. The van der Waals surface area contributed by atoms with Gasteiger partial charge in [0.15, 0.2) is 0 Å². The van der Waals surface area contributed by atoms with Crippen molar-refractivity contribution >= 4 is 11.7 Å². The number of aromatic hydroxyl groups is 1. The van der Waals surface area contributed by atoms with E-state index in [2.05, 4.69) is 10.6 Å². The van der Waals surface area contributed by atoms with Gasteiger partial charge in [-0.15, -0.1) is 0 Å². The third-order valence-electron chi connectivity index (χ3n) is 2.54. The number of phenols is 1. The van der Waals surface area contributed by atoms with Crippen LogP contribution in [0.15, 0.2) is 12.1 Å². The molecular weight excluding hydrogens is 192 g/mol. The van der Waals surface area contributed by atoms with Gasteiger partial charge in [-0.3, -0.25) is 0 Å². The summed E-state index contributed by atoms with van der Waals surface area (Å²) in [6.07, 6.45) is 0. The fourth-order valence-corrected chi connectivity index (χ4v) is 1.79. The summed E-state index contributed by atoms with van der Waals surface area (Å²) in [5, 5.41) is 15.0. The highest BCUT2D eigenvalue weighted by molar-refractivity contribution is 5.93. The Morgan fingerprint density at radius 2 is 2.13 bits per heavy atom. The van der Waals surface area contributed by atoms with Gasteiger partial charge in [-0.05, 0) is 29.2 Å². The fourth-order valence-electron chi connectivity index (χ4n) is 1.79. The van der Waals surface area contributed by atoms with Crippen LogP contribution in [0.2, 0.25) is 0 Å². The van der Waals surface area contributed by atoms with E-state index in [1.807, 2.05) is 13.8 Å². The largest absolute Gasteiger partial charge is 0.508 e. The number of benzene rings is 1. The number of carbonyl (C=O) groups is 1. The van der Waals surface area contributed by atoms with Gasteiger partial charge in [0, 0.05) is 6.54 Å². The van der Waals surface area contributed by atoms with E-state index in [0.29, 0.717) is 6.54 Å². The lowest BCUT2D eigenvalue weighted by atomic mass is 9.96. The van der Waals surface area contributed by atoms with Crippen LogP contribution >= 0.6 is 0 Å². The van der Waals surface area contributed by atoms with E-state index in [-0.39, 0.29) is 17.7 Å². The molecule has 0 aliphatic carbocycles. The van der Waals surface area contributed by atoms with E-state index >= 15 is 0 Å². The molecule has 0 unspecified atom stereocenters. The van der Waals surface area contributed by atoms with Crippen LogP contribution in [-0.2, 0) is 6.54 Å². The molecule has 0 spiro atoms. The zero-order chi connectivity index (χ0) is 11.0. The maximum absolute atomic E-state index is 11.2. The van der Waals surface area contributed by atoms with Crippen LogP contribution in [0.5, 0.6) is 5.75 Å². The van der Waals surface area contributed by atoms with Crippen molar-refractivity contribution in [2.75, 3.05) is 5.32 Å². The lowest BCUT2D eigenvalue weighted by Crippen LogP contribution is -2.34. The second kappa shape index (κ2) is 3.46. The summed E-state index contributed by atoms with van der Waals surface area (Å²) in [6, 6.07) is 3.19. The number of urea groups is 1. The van der Waals surface area contributed by atoms with Crippen molar-refractivity contribution in [3.63, 3.8) is 0 Å². The van der Waals surface area contributed by atoms with E-state index in [1.165, 1.54) is 0 Å². The summed E-state index contributed by atoms with van der Waals surface area (Å²) in [6.45, 7) is 4.53. The van der Waals surface area contributed by atoms with Gasteiger partial charge in [0.05, 0.1) is 5.69 Å². The standard InChI is InChI=1S/C11H14N2O2/c1-6(2)9-4-8(14)3-7-5-12-11(15)13-10(7)9/h3-4,6,14H,5H2,1-2H3,(H2,12,13,15). The molecule has 3 N–H and O–H groups in total. The van der Waals surface area contributed by atoms with Crippen LogP contribution in [0.4, 0.5) is 10.5 Å². The number of phenolic OH excluding ortho intramolecular Hbond substituents is 1. The maximum atomic E-state index is 11.2. The summed E-state index contributed by atoms with van der Waals surface area (Å²) in [5.74, 6) is 0.514. The third kappa shape index (κ3) is 1.75. The number of fused-ring (bicyclic) bond motifs is 1. The number of amides is 2. The van der Waals surface area contributed by atoms with Crippen LogP contribution < -0.4 is 10.6 Å². The molecule has 0 atom stereocenters. The van der Waals surface area contributed by atoms with Gasteiger partial charge >= 0.3 is 6.03 Å². The van der Waals surface area contributed by atoms with Crippen LogP contribution in [0.1, 0.15) is 30.9 Å². The van der Waals surface area contributed by atoms with Crippen molar-refractivity contribution in [2.24, 2.45) is 0 Å². The maximum Gasteiger partial charge on any atom is 0.319 e. The lowest BCUT2D eigenvalue weighted by molar-refractivity contribution is 0.251. The first-order chi connectivity index (χ1) is 7.08. The molecule has 80 valence electrons. The monoisotopic (exact) mass is 206 g/mol. The van der Waals surface area contributed by atoms with Crippen LogP contribution in [0, 0.1) is 0 Å². The minimum absolute atomic E-state index is 0.185. The average molecular weight is 206 g/mol. The quantitative estimate of drug-likeness (QED) is 0.616. The Morgan fingerprint density at radius 1 is 1.40 bits per heavy atom. The van der Waals surface area contributed by atoms with Crippen molar-refractivity contribution in [3.05, 3.63) is 23.3 Å². The summed E-state index contributed by atoms with van der Waals surface area (Å²) >= 11 is 0. The number of hydrogen-bond acceptors (Lipinski definition) is 2. The molecule has 1 aliphatic rings. The Kier molecular flexibility index (Phi) is 2.26. The van der Waals surface area contributed by atoms with Gasteiger partial charge in [0.2, 0.25) is 0 Å². The zero-order valence-corrected chi connectivity index (χ0v) is 8.79. The topological polar surface area (TPSA) is 61.4 Å². The van der Waals surface area contributed by atoms with Crippen LogP contribution in [-0.4, -0.2) is 11.1 Å². The molecule has 1 aromatic rings. The molecular formula is C11H14N2O2. The molecule has 1 aromatic carbocycles. The highest BCUT2D eigenvalue weighted by Crippen LogP contribution is 2.33. The van der Waals surface area contributed by atoms with Crippen molar-refractivity contribution in [1.29, 1.82) is 0 Å². The molecule has 1 heterocycles. The Balaban J connectivity index is 2.55. The number of hydrogen-bond donors (Lipinski definition) is 3. The highest BCUT2D eigenvalue weighted by atomic mass is 16.3. The molecule has 0 radical (unpaired) electrons. The van der Waals surface area contributed by atoms with Gasteiger partial charge in [0.1, 0.15) is 5.75 Å². The molecule has 2 rings (SSSR count). The molecule has 0 aromatic heterocycles. The first-order valence-corrected chi connectivity index (χ1v) is 4.98. The minimum Gasteiger partial charge on any atom is -0.508 e. The SMILES string of the molecule is CC(C)c1cc(O)cc2c1NC(=O)NC2. The predicted octanol–water partition coefficient (Wildman–Crippen LogP) is 2.15. The van der Waals surface area contributed by atoms with Crippen molar-refractivity contribution in [1.82, 2.24) is 5.32 Å². The van der Waals surface area contributed by atoms with E-state index in [9.17, 15) is 9.90 Å². The summed E-state index contributed by atoms with van der Waals surface area (Å²) < 4.78 is 0. The molecule has 0 fully saturated rings. The molecule has 15 heavy (non-hydrogen) atoms. The van der Waals surface area contributed by atoms with E-state index in [4.69, 9.17) is 0 Å². The first kappa shape index (κ1) is 9.83. The van der Waals surface area contributed by atoms with Gasteiger partial charge in [-0.1, -0.05) is 13.8 Å². The third-order valence-corrected chi connectivity index (χ3v) is 2.54. The zero-order valence-electron chi connectivity index (χ0n) is 8.79. The van der Waals surface area contributed by atoms with Gasteiger partial charge < -0.3 is 15.7 Å². The van der Waals surface area contributed by atoms with Crippen molar-refractivity contribution < 1.29 is 9.90 Å². The second-order valence-corrected chi connectivity index (χ2v) is 4.03. The van der Waals surface area contributed by atoms with Crippen LogP contribution in [0.3, 0.4) is 0 Å². The Bertz CT molecular complexity index is 413. The Hall–Kier alpha value is -1.71. The van der Waals surface area contributed by atoms with Crippen molar-refractivity contribution in [3.8, 4) is 5.75 Å². The van der Waals surface area contributed by atoms with Crippen molar-refractivity contribution in [2.45, 2.75) is 26.3 Å². The average Bonchev–Trinajstić information content (AvgIpc) is 2.17. The van der Waals surface area contributed by atoms with E-state index in [1.54, 1.807) is 12.1 Å².